The van der Waals surface area contributed by atoms with Crippen molar-refractivity contribution < 1.29 is 36.3 Å². The lowest BCUT2D eigenvalue weighted by atomic mass is 9.71. The number of hydrogen-bond acceptors (Lipinski definition) is 13. The van der Waals surface area contributed by atoms with Crippen molar-refractivity contribution in [2.45, 2.75) is 50.9 Å². The van der Waals surface area contributed by atoms with Gasteiger partial charge in [0.15, 0.2) is 11.6 Å². The van der Waals surface area contributed by atoms with E-state index in [2.05, 4.69) is 34.8 Å². The lowest BCUT2D eigenvalue weighted by Gasteiger charge is -2.55. The van der Waals surface area contributed by atoms with Gasteiger partial charge in [0.2, 0.25) is 17.8 Å². The summed E-state index contributed by atoms with van der Waals surface area (Å²) in [7, 11) is -4.26. The average Bonchev–Trinajstić information content (AvgIpc) is 3.87. The summed E-state index contributed by atoms with van der Waals surface area (Å²) in [5.41, 5.74) is 2.00. The molecule has 10 rings (SSSR count). The highest BCUT2D eigenvalue weighted by Crippen LogP contribution is 2.46. The molecule has 2 atom stereocenters. The lowest BCUT2D eigenvalue weighted by molar-refractivity contribution is -0.136. The van der Waals surface area contributed by atoms with E-state index in [-0.39, 0.29) is 60.0 Å². The number of aromatic nitrogens is 4. The Kier molecular flexibility index (Phi) is 10.0. The second-order valence-corrected chi connectivity index (χ2v) is 18.4. The molecule has 2 aromatic heterocycles. The lowest BCUT2D eigenvalue weighted by Crippen LogP contribution is -2.61. The van der Waals surface area contributed by atoms with Gasteiger partial charge >= 0.3 is 10.2 Å². The summed E-state index contributed by atoms with van der Waals surface area (Å²) in [6.07, 6.45) is 5.40. The summed E-state index contributed by atoms with van der Waals surface area (Å²) in [5, 5.41) is 12.4. The molecular formula is C43H39F2N11O7S. The van der Waals surface area contributed by atoms with E-state index >= 15 is 4.39 Å². The van der Waals surface area contributed by atoms with Crippen molar-refractivity contribution >= 4 is 56.2 Å². The number of imide groups is 1. The van der Waals surface area contributed by atoms with E-state index in [1.54, 1.807) is 17.0 Å². The van der Waals surface area contributed by atoms with Crippen LogP contribution in [0.4, 0.5) is 26.1 Å². The van der Waals surface area contributed by atoms with Gasteiger partial charge in [-0.1, -0.05) is 6.07 Å². The van der Waals surface area contributed by atoms with Crippen LogP contribution in [0.1, 0.15) is 53.6 Å². The molecule has 0 radical (unpaired) electrons. The van der Waals surface area contributed by atoms with Crippen molar-refractivity contribution in [3.8, 4) is 23.3 Å². The second kappa shape index (κ2) is 15.6. The number of anilines is 3. The monoisotopic (exact) mass is 891 g/mol. The van der Waals surface area contributed by atoms with Gasteiger partial charge in [-0.3, -0.25) is 33.8 Å². The minimum absolute atomic E-state index is 0.0253. The SMILES string of the molecule is N#Cc1c(NS(=O)(=O)N2CC[C@@H](F)C2)ccc(F)c1Oc1ccc2ncn(-c3cnc(N4CCC5(CC4)CN(c4cccc6c4CN(C4CCC(=O)NC4=O)C6=O)C5)nc3)c(=O)c2c1. The minimum Gasteiger partial charge on any atom is -0.453 e. The van der Waals surface area contributed by atoms with E-state index in [0.717, 1.165) is 53.6 Å². The molecule has 5 aromatic rings. The van der Waals surface area contributed by atoms with Gasteiger partial charge < -0.3 is 19.4 Å². The molecule has 2 N–H and O–H groups in total. The zero-order chi connectivity index (χ0) is 44.5. The molecule has 1 unspecified atom stereocenters. The molecule has 7 heterocycles. The summed E-state index contributed by atoms with van der Waals surface area (Å²) < 4.78 is 64.9. The van der Waals surface area contributed by atoms with Crippen molar-refractivity contribution in [3.05, 3.63) is 100 Å². The van der Waals surface area contributed by atoms with Crippen LogP contribution >= 0.6 is 0 Å². The Labute approximate surface area is 364 Å². The molecule has 5 aliphatic heterocycles. The van der Waals surface area contributed by atoms with E-state index in [0.29, 0.717) is 48.8 Å². The van der Waals surface area contributed by atoms with Crippen molar-refractivity contribution in [1.29, 1.82) is 5.26 Å². The van der Waals surface area contributed by atoms with Crippen molar-refractivity contribution in [3.63, 3.8) is 0 Å². The number of carbonyl (C=O) groups excluding carboxylic acids is 3. The number of ether oxygens (including phenoxy) is 1. The highest BCUT2D eigenvalue weighted by atomic mass is 32.2. The smallest absolute Gasteiger partial charge is 0.301 e. The highest BCUT2D eigenvalue weighted by Gasteiger charge is 2.47. The number of piperidine rings is 2. The number of benzene rings is 3. The first-order valence-corrected chi connectivity index (χ1v) is 22.2. The summed E-state index contributed by atoms with van der Waals surface area (Å²) in [6, 6.07) is 13.1. The molecule has 64 heavy (non-hydrogen) atoms. The van der Waals surface area contributed by atoms with Crippen molar-refractivity contribution in [2.75, 3.05) is 53.8 Å². The van der Waals surface area contributed by atoms with Crippen LogP contribution in [0.15, 0.2) is 72.0 Å². The van der Waals surface area contributed by atoms with Gasteiger partial charge in [-0.2, -0.15) is 18.0 Å². The summed E-state index contributed by atoms with van der Waals surface area (Å²) in [4.78, 5) is 71.0. The molecule has 18 nitrogen and oxygen atoms in total. The minimum atomic E-state index is -4.26. The molecule has 0 aliphatic carbocycles. The predicted molar refractivity (Wildman–Crippen MR) is 226 cm³/mol. The average molecular weight is 892 g/mol. The summed E-state index contributed by atoms with van der Waals surface area (Å²) in [6.45, 7) is 2.98. The number of nitrogens with zero attached hydrogens (tertiary/aromatic N) is 9. The van der Waals surface area contributed by atoms with E-state index in [4.69, 9.17) is 4.74 Å². The zero-order valence-corrected chi connectivity index (χ0v) is 34.9. The molecule has 3 aromatic carbocycles. The maximum atomic E-state index is 15.2. The van der Waals surface area contributed by atoms with E-state index in [1.807, 2.05) is 12.1 Å². The highest BCUT2D eigenvalue weighted by molar-refractivity contribution is 7.90. The first kappa shape index (κ1) is 41.0. The molecule has 3 amide bonds. The van der Waals surface area contributed by atoms with Crippen LogP contribution in [-0.2, 0) is 26.3 Å². The number of carbonyl (C=O) groups is 3. The zero-order valence-electron chi connectivity index (χ0n) is 34.0. The second-order valence-electron chi connectivity index (χ2n) is 16.8. The van der Waals surface area contributed by atoms with Crippen LogP contribution in [0.5, 0.6) is 11.5 Å². The maximum absolute atomic E-state index is 15.2. The van der Waals surface area contributed by atoms with Crippen LogP contribution in [0.3, 0.4) is 0 Å². The first-order chi connectivity index (χ1) is 30.8. The number of rotatable bonds is 9. The van der Waals surface area contributed by atoms with E-state index < -0.39 is 51.0 Å². The van der Waals surface area contributed by atoms with Crippen LogP contribution in [0.25, 0.3) is 16.6 Å². The van der Waals surface area contributed by atoms with Gasteiger partial charge in [0.05, 0.1) is 34.7 Å². The van der Waals surface area contributed by atoms with E-state index in [9.17, 15) is 37.2 Å². The van der Waals surface area contributed by atoms with Gasteiger partial charge in [0.1, 0.15) is 35.9 Å². The Bertz CT molecular complexity index is 2980. The van der Waals surface area contributed by atoms with Gasteiger partial charge in [0.25, 0.3) is 11.5 Å². The van der Waals surface area contributed by atoms with Crippen molar-refractivity contribution in [1.82, 2.24) is 34.0 Å². The van der Waals surface area contributed by atoms with Gasteiger partial charge in [-0.25, -0.2) is 23.7 Å². The fourth-order valence-corrected chi connectivity index (χ4v) is 10.6. The first-order valence-electron chi connectivity index (χ1n) is 20.7. The summed E-state index contributed by atoms with van der Waals surface area (Å²) >= 11 is 0. The fourth-order valence-electron chi connectivity index (χ4n) is 9.33. The summed E-state index contributed by atoms with van der Waals surface area (Å²) in [5.74, 6) is -2.00. The quantitative estimate of drug-likeness (QED) is 0.203. The van der Waals surface area contributed by atoms with Crippen LogP contribution in [-0.4, -0.2) is 106 Å². The van der Waals surface area contributed by atoms with Gasteiger partial charge in [-0.15, -0.1) is 0 Å². The Balaban J connectivity index is 0.796. The topological polar surface area (TPSA) is 216 Å². The Morgan fingerprint density at radius 1 is 0.953 bits per heavy atom. The number of halogens is 2. The van der Waals surface area contributed by atoms with E-state index in [1.165, 1.54) is 41.5 Å². The largest absolute Gasteiger partial charge is 0.453 e. The van der Waals surface area contributed by atoms with Crippen LogP contribution < -0.4 is 30.1 Å². The number of nitriles is 1. The Morgan fingerprint density at radius 3 is 2.45 bits per heavy atom. The number of amides is 3. The third kappa shape index (κ3) is 7.21. The fraction of sp³-hybridized carbons (Fsp3) is 0.349. The van der Waals surface area contributed by atoms with Crippen LogP contribution in [0, 0.1) is 22.6 Å². The molecule has 21 heteroatoms. The molecule has 5 aliphatic rings. The standard InChI is InChI=1S/C43H39F2N11O7S/c44-25-10-13-54(20-25)64(61,62)51-34-7-5-32(45)38(30(34)17-46)63-27-4-6-33-29(16-27)41(60)56(24-49-33)26-18-47-42(48-19-26)52-14-11-43(12-15-52)22-53(23-43)35-3-1-2-28-31(35)21-55(40(28)59)36-8-9-37(57)50-39(36)58/h1-7,16,18-19,24-25,36,51H,8-15,20-23H2,(H,50,57,58)/t25-,36?/m1/s1. The number of hydrogen-bond donors (Lipinski definition) is 2. The van der Waals surface area contributed by atoms with Gasteiger partial charge in [0, 0.05) is 74.5 Å². The normalized spacial score (nSPS) is 20.9. The maximum Gasteiger partial charge on any atom is 0.301 e. The predicted octanol–water partition coefficient (Wildman–Crippen LogP) is 3.55. The number of nitrogens with one attached hydrogen (secondary N) is 2. The third-order valence-corrected chi connectivity index (χ3v) is 14.3. The Hall–Kier alpha value is -7.05. The molecule has 328 valence electrons. The van der Waals surface area contributed by atoms with Crippen LogP contribution in [0.2, 0.25) is 0 Å². The molecular weight excluding hydrogens is 853 g/mol. The molecule has 0 bridgehead atoms. The third-order valence-electron chi connectivity index (χ3n) is 12.8. The van der Waals surface area contributed by atoms with Crippen molar-refractivity contribution in [2.24, 2.45) is 5.41 Å². The number of alkyl halides is 1. The Morgan fingerprint density at radius 2 is 1.73 bits per heavy atom. The number of fused-ring (bicyclic) bond motifs is 2. The molecule has 4 fully saturated rings. The van der Waals surface area contributed by atoms with Gasteiger partial charge in [-0.05, 0) is 68.1 Å². The molecule has 4 saturated heterocycles. The molecule has 0 saturated carbocycles. The molecule has 1 spiro atoms.